The summed E-state index contributed by atoms with van der Waals surface area (Å²) in [6.07, 6.45) is 3.41. The molecule has 2 rings (SSSR count). The third-order valence-corrected chi connectivity index (χ3v) is 5.06. The van der Waals surface area contributed by atoms with Gasteiger partial charge >= 0.3 is 0 Å². The zero-order chi connectivity index (χ0) is 16.7. The lowest BCUT2D eigenvalue weighted by Gasteiger charge is -2.31. The van der Waals surface area contributed by atoms with Gasteiger partial charge in [-0.2, -0.15) is 0 Å². The summed E-state index contributed by atoms with van der Waals surface area (Å²) in [6.45, 7) is 8.60. The van der Waals surface area contributed by atoms with Crippen LogP contribution in [-0.4, -0.2) is 62.1 Å². The van der Waals surface area contributed by atoms with Crippen molar-refractivity contribution in [2.75, 3.05) is 39.4 Å². The Hall–Kier alpha value is -0.850. The van der Waals surface area contributed by atoms with E-state index >= 15 is 0 Å². The molecule has 2 aliphatic heterocycles. The summed E-state index contributed by atoms with van der Waals surface area (Å²) in [5.41, 5.74) is 0. The summed E-state index contributed by atoms with van der Waals surface area (Å²) in [7, 11) is 0. The van der Waals surface area contributed by atoms with Crippen molar-refractivity contribution in [3.05, 3.63) is 0 Å². The van der Waals surface area contributed by atoms with Crippen LogP contribution >= 0.6 is 12.4 Å². The summed E-state index contributed by atoms with van der Waals surface area (Å²) in [5, 5.41) is 6.30. The number of piperidine rings is 1. The molecule has 0 bridgehead atoms. The number of carbonyl (C=O) groups excluding carboxylic acids is 2. The van der Waals surface area contributed by atoms with E-state index in [-0.39, 0.29) is 24.2 Å². The Labute approximate surface area is 151 Å². The molecule has 0 spiro atoms. The van der Waals surface area contributed by atoms with Crippen LogP contribution in [0.15, 0.2) is 0 Å². The number of carbonyl (C=O) groups is 2. The van der Waals surface area contributed by atoms with E-state index in [4.69, 9.17) is 4.74 Å². The topological polar surface area (TPSA) is 70.7 Å². The Morgan fingerprint density at radius 1 is 1.25 bits per heavy atom. The molecule has 2 saturated heterocycles. The molecule has 0 aromatic heterocycles. The molecule has 24 heavy (non-hydrogen) atoms. The van der Waals surface area contributed by atoms with E-state index in [1.807, 2.05) is 6.92 Å². The first-order chi connectivity index (χ1) is 11.1. The lowest BCUT2D eigenvalue weighted by Crippen LogP contribution is -2.51. The summed E-state index contributed by atoms with van der Waals surface area (Å²) < 4.78 is 5.28. The van der Waals surface area contributed by atoms with Gasteiger partial charge in [0.15, 0.2) is 0 Å². The molecular weight excluding hydrogens is 330 g/mol. The number of halogens is 1. The van der Waals surface area contributed by atoms with Crippen molar-refractivity contribution in [1.82, 2.24) is 15.5 Å². The Balaban J connectivity index is 0.00000288. The first kappa shape index (κ1) is 21.2. The smallest absolute Gasteiger partial charge is 0.245 e. The minimum absolute atomic E-state index is 0. The quantitative estimate of drug-likeness (QED) is 0.745. The fourth-order valence-electron chi connectivity index (χ4n) is 3.47. The van der Waals surface area contributed by atoms with E-state index in [0.29, 0.717) is 51.0 Å². The second kappa shape index (κ2) is 10.9. The predicted octanol–water partition coefficient (Wildman–Crippen LogP) is 1.19. The van der Waals surface area contributed by atoms with Crippen LogP contribution in [0.1, 0.15) is 39.5 Å². The van der Waals surface area contributed by atoms with Crippen LogP contribution in [0.2, 0.25) is 0 Å². The van der Waals surface area contributed by atoms with Crippen LogP contribution in [0.4, 0.5) is 0 Å². The first-order valence-electron chi connectivity index (χ1n) is 8.98. The largest absolute Gasteiger partial charge is 0.378 e. The van der Waals surface area contributed by atoms with E-state index in [2.05, 4.69) is 17.6 Å². The molecule has 0 aromatic rings. The van der Waals surface area contributed by atoms with Crippen molar-refractivity contribution >= 4 is 24.2 Å². The molecule has 0 aliphatic carbocycles. The maximum absolute atomic E-state index is 12.5. The summed E-state index contributed by atoms with van der Waals surface area (Å²) in [5.74, 6) is 1.01. The van der Waals surface area contributed by atoms with Crippen LogP contribution in [0, 0.1) is 11.8 Å². The second-order valence-electron chi connectivity index (χ2n) is 6.73. The average molecular weight is 362 g/mol. The first-order valence-corrected chi connectivity index (χ1v) is 8.98. The standard InChI is InChI=1S/C17H31N3O3.ClH/c1-3-15(17(22)20-8-10-23-11-9-20)19-16(21)12-13(2)14-4-6-18-7-5-14;/h13-15,18H,3-12H2,1-2H3,(H,19,21);1H. The van der Waals surface area contributed by atoms with Crippen molar-refractivity contribution in [1.29, 1.82) is 0 Å². The maximum atomic E-state index is 12.5. The van der Waals surface area contributed by atoms with Gasteiger partial charge in [-0.25, -0.2) is 0 Å². The van der Waals surface area contributed by atoms with Gasteiger partial charge in [0, 0.05) is 19.5 Å². The van der Waals surface area contributed by atoms with Gasteiger partial charge in [0.2, 0.25) is 11.8 Å². The van der Waals surface area contributed by atoms with Gasteiger partial charge in [0.25, 0.3) is 0 Å². The number of hydrogen-bond acceptors (Lipinski definition) is 4. The normalized spacial score (nSPS) is 21.5. The van der Waals surface area contributed by atoms with Crippen molar-refractivity contribution in [3.8, 4) is 0 Å². The molecule has 2 N–H and O–H groups in total. The molecule has 2 amide bonds. The van der Waals surface area contributed by atoms with E-state index in [1.54, 1.807) is 4.90 Å². The van der Waals surface area contributed by atoms with Crippen molar-refractivity contribution in [3.63, 3.8) is 0 Å². The Morgan fingerprint density at radius 2 is 1.88 bits per heavy atom. The Morgan fingerprint density at radius 3 is 2.46 bits per heavy atom. The maximum Gasteiger partial charge on any atom is 0.245 e. The van der Waals surface area contributed by atoms with Gasteiger partial charge < -0.3 is 20.3 Å². The number of amides is 2. The molecule has 2 unspecified atom stereocenters. The summed E-state index contributed by atoms with van der Waals surface area (Å²) >= 11 is 0. The number of nitrogens with zero attached hydrogens (tertiary/aromatic N) is 1. The molecule has 0 radical (unpaired) electrons. The Bertz CT molecular complexity index is 397. The zero-order valence-electron chi connectivity index (χ0n) is 14.9. The second-order valence-corrected chi connectivity index (χ2v) is 6.73. The number of nitrogens with one attached hydrogen (secondary N) is 2. The fourth-order valence-corrected chi connectivity index (χ4v) is 3.47. The van der Waals surface area contributed by atoms with E-state index in [0.717, 1.165) is 25.9 Å². The van der Waals surface area contributed by atoms with Crippen molar-refractivity contribution in [2.45, 2.75) is 45.6 Å². The molecule has 2 fully saturated rings. The minimum Gasteiger partial charge on any atom is -0.378 e. The van der Waals surface area contributed by atoms with Crippen LogP contribution in [-0.2, 0) is 14.3 Å². The Kier molecular flexibility index (Phi) is 9.63. The molecule has 7 heteroatoms. The zero-order valence-corrected chi connectivity index (χ0v) is 15.7. The van der Waals surface area contributed by atoms with Gasteiger partial charge in [0.05, 0.1) is 13.2 Å². The van der Waals surface area contributed by atoms with E-state index in [9.17, 15) is 9.59 Å². The molecular formula is C17H32ClN3O3. The molecule has 2 heterocycles. The third-order valence-electron chi connectivity index (χ3n) is 5.06. The van der Waals surface area contributed by atoms with Gasteiger partial charge in [-0.05, 0) is 44.2 Å². The van der Waals surface area contributed by atoms with Gasteiger partial charge in [-0.3, -0.25) is 9.59 Å². The fraction of sp³-hybridized carbons (Fsp3) is 0.882. The molecule has 2 aliphatic rings. The van der Waals surface area contributed by atoms with Crippen LogP contribution < -0.4 is 10.6 Å². The van der Waals surface area contributed by atoms with Crippen LogP contribution in [0.25, 0.3) is 0 Å². The lowest BCUT2D eigenvalue weighted by molar-refractivity contribution is -0.140. The van der Waals surface area contributed by atoms with Crippen LogP contribution in [0.3, 0.4) is 0 Å². The van der Waals surface area contributed by atoms with Gasteiger partial charge in [-0.1, -0.05) is 13.8 Å². The number of morpholine rings is 1. The molecule has 2 atom stereocenters. The average Bonchev–Trinajstić information content (AvgIpc) is 2.60. The molecule has 0 aromatic carbocycles. The minimum atomic E-state index is -0.402. The van der Waals surface area contributed by atoms with Gasteiger partial charge in [-0.15, -0.1) is 12.4 Å². The highest BCUT2D eigenvalue weighted by atomic mass is 35.5. The highest BCUT2D eigenvalue weighted by molar-refractivity contribution is 5.87. The predicted molar refractivity (Wildman–Crippen MR) is 96.2 cm³/mol. The third kappa shape index (κ3) is 6.22. The number of ether oxygens (including phenoxy) is 1. The van der Waals surface area contributed by atoms with E-state index in [1.165, 1.54) is 0 Å². The van der Waals surface area contributed by atoms with Gasteiger partial charge in [0.1, 0.15) is 6.04 Å². The number of hydrogen-bond donors (Lipinski definition) is 2. The van der Waals surface area contributed by atoms with Crippen molar-refractivity contribution < 1.29 is 14.3 Å². The van der Waals surface area contributed by atoms with E-state index < -0.39 is 6.04 Å². The number of rotatable bonds is 6. The SMILES string of the molecule is CCC(NC(=O)CC(C)C1CCNCC1)C(=O)N1CCOCC1.Cl. The lowest BCUT2D eigenvalue weighted by atomic mass is 9.84. The monoisotopic (exact) mass is 361 g/mol. The summed E-state index contributed by atoms with van der Waals surface area (Å²) in [6, 6.07) is -0.402. The van der Waals surface area contributed by atoms with Crippen LogP contribution in [0.5, 0.6) is 0 Å². The molecule has 140 valence electrons. The molecule has 6 nitrogen and oxygen atoms in total. The summed E-state index contributed by atoms with van der Waals surface area (Å²) in [4.78, 5) is 26.6. The van der Waals surface area contributed by atoms with Crippen molar-refractivity contribution in [2.24, 2.45) is 11.8 Å². The highest BCUT2D eigenvalue weighted by Crippen LogP contribution is 2.24. The molecule has 0 saturated carbocycles. The highest BCUT2D eigenvalue weighted by Gasteiger charge is 2.27.